The highest BCUT2D eigenvalue weighted by Gasteiger charge is 2.35. The van der Waals surface area contributed by atoms with Crippen LogP contribution in [0.2, 0.25) is 0 Å². The van der Waals surface area contributed by atoms with E-state index in [4.69, 9.17) is 4.74 Å². The number of thioether (sulfide) groups is 1. The van der Waals surface area contributed by atoms with Crippen molar-refractivity contribution in [2.75, 3.05) is 0 Å². The number of benzene rings is 2. The summed E-state index contributed by atoms with van der Waals surface area (Å²) in [4.78, 5) is 20.0. The molecule has 3 rings (SSSR count). The maximum absolute atomic E-state index is 13.1. The Kier molecular flexibility index (Phi) is 7.58. The smallest absolute Gasteiger partial charge is 0.266 e. The average Bonchev–Trinajstić information content (AvgIpc) is 3.01. The first-order valence-electron chi connectivity index (χ1n) is 10.0. The first-order chi connectivity index (χ1) is 14.8. The summed E-state index contributed by atoms with van der Waals surface area (Å²) < 4.78 is 6.94. The maximum atomic E-state index is 13.1. The third-order valence-electron chi connectivity index (χ3n) is 4.50. The van der Waals surface area contributed by atoms with Crippen molar-refractivity contribution in [3.05, 3.63) is 68.5 Å². The molecule has 0 N–H and O–H groups in total. The number of hydrogen-bond acceptors (Lipinski definition) is 5. The molecular weight excluding hydrogens is 474 g/mol. The lowest BCUT2D eigenvalue weighted by Gasteiger charge is -2.20. The second-order valence-electron chi connectivity index (χ2n) is 7.62. The van der Waals surface area contributed by atoms with Gasteiger partial charge >= 0.3 is 0 Å². The molecule has 1 aliphatic rings. The van der Waals surface area contributed by atoms with E-state index in [9.17, 15) is 10.1 Å². The van der Waals surface area contributed by atoms with E-state index in [1.54, 1.807) is 11.0 Å². The second kappa shape index (κ2) is 10.2. The third kappa shape index (κ3) is 5.57. The van der Waals surface area contributed by atoms with Crippen molar-refractivity contribution in [2.45, 2.75) is 46.4 Å². The predicted molar refractivity (Wildman–Crippen MR) is 130 cm³/mol. The number of carbonyl (C=O) groups excluding carboxylic acids is 1. The van der Waals surface area contributed by atoms with E-state index >= 15 is 0 Å². The minimum absolute atomic E-state index is 0.0177. The molecule has 7 heteroatoms. The quantitative estimate of drug-likeness (QED) is 0.459. The number of halogens is 1. The van der Waals surface area contributed by atoms with Crippen molar-refractivity contribution in [1.82, 2.24) is 4.90 Å². The number of aliphatic imine (C=N–C) groups is 1. The fourth-order valence-electron chi connectivity index (χ4n) is 3.07. The summed E-state index contributed by atoms with van der Waals surface area (Å²) in [5.41, 5.74) is 2.19. The van der Waals surface area contributed by atoms with Gasteiger partial charge in [0, 0.05) is 27.7 Å². The van der Waals surface area contributed by atoms with Crippen molar-refractivity contribution in [3.8, 4) is 11.8 Å². The first-order valence-corrected chi connectivity index (χ1v) is 11.6. The van der Waals surface area contributed by atoms with Gasteiger partial charge in [-0.2, -0.15) is 5.26 Å². The largest absolute Gasteiger partial charge is 0.488 e. The molecule has 1 fully saturated rings. The van der Waals surface area contributed by atoms with Gasteiger partial charge in [-0.05, 0) is 69.8 Å². The minimum atomic E-state index is -0.0554. The molecule has 5 nitrogen and oxygen atoms in total. The normalized spacial score (nSPS) is 16.6. The Morgan fingerprint density at radius 3 is 2.65 bits per heavy atom. The zero-order valence-electron chi connectivity index (χ0n) is 17.9. The summed E-state index contributed by atoms with van der Waals surface area (Å²) in [6.45, 7) is 8.23. The number of nitrogens with zero attached hydrogens (tertiary/aromatic N) is 3. The van der Waals surface area contributed by atoms with E-state index in [0.717, 1.165) is 20.8 Å². The maximum Gasteiger partial charge on any atom is 0.266 e. The van der Waals surface area contributed by atoms with Gasteiger partial charge in [-0.3, -0.25) is 14.7 Å². The molecule has 0 saturated carbocycles. The van der Waals surface area contributed by atoms with E-state index < -0.39 is 0 Å². The van der Waals surface area contributed by atoms with Crippen LogP contribution >= 0.6 is 27.7 Å². The van der Waals surface area contributed by atoms with Gasteiger partial charge in [-0.15, -0.1) is 0 Å². The zero-order valence-corrected chi connectivity index (χ0v) is 20.3. The van der Waals surface area contributed by atoms with Gasteiger partial charge in [0.2, 0.25) is 0 Å². The third-order valence-corrected chi connectivity index (χ3v) is 5.99. The van der Waals surface area contributed by atoms with Crippen molar-refractivity contribution in [2.24, 2.45) is 4.99 Å². The highest BCUT2D eigenvalue weighted by Crippen LogP contribution is 2.36. The Morgan fingerprint density at radius 1 is 1.23 bits per heavy atom. The molecule has 0 aliphatic carbocycles. The Balaban J connectivity index is 1.92. The Bertz CT molecular complexity index is 1090. The van der Waals surface area contributed by atoms with Crippen LogP contribution < -0.4 is 4.74 Å². The molecule has 0 aromatic heterocycles. The fourth-order valence-corrected chi connectivity index (χ4v) is 4.67. The highest BCUT2D eigenvalue weighted by molar-refractivity contribution is 9.10. The monoisotopic (exact) mass is 497 g/mol. The van der Waals surface area contributed by atoms with Crippen LogP contribution in [0.15, 0.2) is 56.8 Å². The molecule has 2 aromatic rings. The highest BCUT2D eigenvalue weighted by atomic mass is 79.9. The van der Waals surface area contributed by atoms with Gasteiger partial charge in [0.25, 0.3) is 5.91 Å². The number of amides is 1. The van der Waals surface area contributed by atoms with Crippen molar-refractivity contribution >= 4 is 44.8 Å². The van der Waals surface area contributed by atoms with Crippen LogP contribution in [0.4, 0.5) is 0 Å². The molecule has 1 aliphatic heterocycles. The Labute approximate surface area is 195 Å². The lowest BCUT2D eigenvalue weighted by Crippen LogP contribution is -2.35. The zero-order chi connectivity index (χ0) is 22.5. The van der Waals surface area contributed by atoms with Gasteiger partial charge in [0.15, 0.2) is 5.17 Å². The summed E-state index contributed by atoms with van der Waals surface area (Å²) >= 11 is 4.89. The van der Waals surface area contributed by atoms with Crippen LogP contribution in [0.5, 0.6) is 5.75 Å². The van der Waals surface area contributed by atoms with Gasteiger partial charge < -0.3 is 4.74 Å². The van der Waals surface area contributed by atoms with Gasteiger partial charge in [0.05, 0.1) is 16.5 Å². The van der Waals surface area contributed by atoms with Crippen molar-refractivity contribution in [3.63, 3.8) is 0 Å². The lowest BCUT2D eigenvalue weighted by atomic mass is 10.1. The predicted octanol–water partition coefficient (Wildman–Crippen LogP) is 5.99. The first kappa shape index (κ1) is 23.1. The van der Waals surface area contributed by atoms with Crippen LogP contribution in [0, 0.1) is 11.3 Å². The fraction of sp³-hybridized carbons (Fsp3) is 0.292. The topological polar surface area (TPSA) is 65.7 Å². The number of ether oxygens (including phenoxy) is 1. The number of carbonyl (C=O) groups is 1. The molecule has 1 amide bonds. The van der Waals surface area contributed by atoms with Gasteiger partial charge in [0.1, 0.15) is 12.4 Å². The van der Waals surface area contributed by atoms with Crippen LogP contribution in [-0.4, -0.2) is 28.1 Å². The average molecular weight is 498 g/mol. The molecule has 0 radical (unpaired) electrons. The Hall–Kier alpha value is -2.56. The number of rotatable bonds is 6. The van der Waals surface area contributed by atoms with E-state index in [0.29, 0.717) is 16.2 Å². The van der Waals surface area contributed by atoms with Crippen molar-refractivity contribution in [1.29, 1.82) is 5.26 Å². The molecule has 0 spiro atoms. The van der Waals surface area contributed by atoms with Crippen LogP contribution in [0.1, 0.15) is 44.4 Å². The number of hydrogen-bond donors (Lipinski definition) is 0. The number of amidine groups is 1. The van der Waals surface area contributed by atoms with E-state index in [2.05, 4.69) is 27.0 Å². The van der Waals surface area contributed by atoms with Crippen LogP contribution in [0.25, 0.3) is 6.08 Å². The minimum Gasteiger partial charge on any atom is -0.488 e. The number of nitriles is 1. The molecule has 0 unspecified atom stereocenters. The molecule has 1 saturated heterocycles. The summed E-state index contributed by atoms with van der Waals surface area (Å²) in [6.07, 6.45) is 1.85. The van der Waals surface area contributed by atoms with E-state index in [-0.39, 0.29) is 24.6 Å². The second-order valence-corrected chi connectivity index (χ2v) is 9.55. The van der Waals surface area contributed by atoms with E-state index in [1.807, 2.05) is 70.2 Å². The summed E-state index contributed by atoms with van der Waals surface area (Å²) in [6, 6.07) is 15.3. The SMILES string of the molecule is CC(C)N=C1S/C(=C/c2cc(Br)ccc2OCc2ccccc2C#N)C(=O)N1C(C)C. The van der Waals surface area contributed by atoms with Crippen molar-refractivity contribution < 1.29 is 9.53 Å². The van der Waals surface area contributed by atoms with E-state index in [1.165, 1.54) is 11.8 Å². The van der Waals surface area contributed by atoms with Gasteiger partial charge in [-0.25, -0.2) is 0 Å². The standard InChI is InChI=1S/C24H24BrN3O2S/c1-15(2)27-24-28(16(3)4)23(29)22(31-24)12-19-11-20(25)9-10-21(19)30-14-18-8-6-5-7-17(18)13-26/h5-12,15-16H,14H2,1-4H3/b22-12+,27-24?. The van der Waals surface area contributed by atoms with Gasteiger partial charge in [-0.1, -0.05) is 34.1 Å². The van der Waals surface area contributed by atoms with Crippen LogP contribution in [0.3, 0.4) is 0 Å². The Morgan fingerprint density at radius 2 is 1.97 bits per heavy atom. The molecule has 31 heavy (non-hydrogen) atoms. The lowest BCUT2D eigenvalue weighted by molar-refractivity contribution is -0.123. The molecule has 1 heterocycles. The molecule has 2 aromatic carbocycles. The summed E-state index contributed by atoms with van der Waals surface area (Å²) in [5, 5.41) is 10.0. The summed E-state index contributed by atoms with van der Waals surface area (Å²) in [7, 11) is 0. The molecule has 0 bridgehead atoms. The molecule has 160 valence electrons. The van der Waals surface area contributed by atoms with Crippen LogP contribution in [-0.2, 0) is 11.4 Å². The molecule has 0 atom stereocenters. The summed E-state index contributed by atoms with van der Waals surface area (Å²) in [5.74, 6) is 0.585. The molecular formula is C24H24BrN3O2S.